The Balaban J connectivity index is 2.12. The van der Waals surface area contributed by atoms with Gasteiger partial charge in [-0.3, -0.25) is 0 Å². The van der Waals surface area contributed by atoms with Crippen molar-refractivity contribution in [2.24, 2.45) is 0 Å². The van der Waals surface area contributed by atoms with Gasteiger partial charge in [0.25, 0.3) is 0 Å². The van der Waals surface area contributed by atoms with Crippen molar-refractivity contribution < 1.29 is 35.1 Å². The Morgan fingerprint density at radius 2 is 0.966 bits per heavy atom. The lowest BCUT2D eigenvalue weighted by Crippen LogP contribution is -2.10. The van der Waals surface area contributed by atoms with Gasteiger partial charge < -0.3 is 0 Å². The van der Waals surface area contributed by atoms with Crippen LogP contribution in [0.3, 0.4) is 0 Å². The summed E-state index contributed by atoms with van der Waals surface area (Å²) in [5, 5.41) is 0. The maximum absolute atomic E-state index is 14.4. The summed E-state index contributed by atoms with van der Waals surface area (Å²) in [6.07, 6.45) is -9.15. The molecule has 0 saturated carbocycles. The Morgan fingerprint density at radius 3 is 1.31 bits per heavy atom. The van der Waals surface area contributed by atoms with Gasteiger partial charge in [0.15, 0.2) is 15.6 Å². The van der Waals surface area contributed by atoms with Gasteiger partial charge in [-0.15, -0.1) is 0 Å². The molecule has 3 aromatic rings. The summed E-state index contributed by atoms with van der Waals surface area (Å²) in [4.78, 5) is 0.428. The SMILES string of the molecule is Fc1ccc([S+](c2ccc(C(F)(F)F)cc2)c2ccc(C(F)(F)F)cc2)c(F)c1. The van der Waals surface area contributed by atoms with E-state index in [0.29, 0.717) is 6.07 Å². The predicted octanol–water partition coefficient (Wildman–Crippen LogP) is 7.10. The fourth-order valence-electron chi connectivity index (χ4n) is 2.59. The highest BCUT2D eigenvalue weighted by atomic mass is 32.2. The Morgan fingerprint density at radius 1 is 0.552 bits per heavy atom. The molecule has 0 aromatic heterocycles. The van der Waals surface area contributed by atoms with E-state index in [2.05, 4.69) is 0 Å². The predicted molar refractivity (Wildman–Crippen MR) is 91.4 cm³/mol. The van der Waals surface area contributed by atoms with Crippen LogP contribution in [0.5, 0.6) is 0 Å². The standard InChI is InChI=1S/C20H11F8S/c21-14-5-10-18(17(22)11-14)29(15-6-1-12(2-7-15)19(23,24)25)16-8-3-13(4-9-16)20(26,27)28/h1-11H/q+1. The fraction of sp³-hybridized carbons (Fsp3) is 0.100. The second kappa shape index (κ2) is 7.70. The van der Waals surface area contributed by atoms with Gasteiger partial charge >= 0.3 is 12.4 Å². The van der Waals surface area contributed by atoms with Gasteiger partial charge in [0.05, 0.1) is 11.1 Å². The van der Waals surface area contributed by atoms with Crippen LogP contribution >= 0.6 is 0 Å². The van der Waals surface area contributed by atoms with E-state index < -0.39 is 46.0 Å². The molecule has 0 unspecified atom stereocenters. The topological polar surface area (TPSA) is 0 Å². The molecule has 0 bridgehead atoms. The Hall–Kier alpha value is -2.55. The molecule has 0 N–H and O–H groups in total. The second-order valence-corrected chi connectivity index (χ2v) is 7.92. The van der Waals surface area contributed by atoms with Gasteiger partial charge in [0.1, 0.15) is 16.7 Å². The average Bonchev–Trinajstić information content (AvgIpc) is 2.63. The maximum atomic E-state index is 14.4. The normalized spacial score (nSPS) is 12.4. The lowest BCUT2D eigenvalue weighted by molar-refractivity contribution is -0.138. The maximum Gasteiger partial charge on any atom is 0.416 e. The van der Waals surface area contributed by atoms with Crippen LogP contribution in [0.1, 0.15) is 11.1 Å². The number of hydrogen-bond donors (Lipinski definition) is 0. The molecular weight excluding hydrogens is 424 g/mol. The lowest BCUT2D eigenvalue weighted by Gasteiger charge is -2.12. The third kappa shape index (κ3) is 4.72. The molecule has 0 fully saturated rings. The zero-order valence-electron chi connectivity index (χ0n) is 14.3. The minimum atomic E-state index is -4.58. The van der Waals surface area contributed by atoms with E-state index in [0.717, 1.165) is 60.7 Å². The van der Waals surface area contributed by atoms with Crippen molar-refractivity contribution in [3.63, 3.8) is 0 Å². The van der Waals surface area contributed by atoms with E-state index >= 15 is 0 Å². The minimum absolute atomic E-state index is 0.0501. The molecular formula is C20H11F8S+. The summed E-state index contributed by atoms with van der Waals surface area (Å²) in [6, 6.07) is 10.5. The summed E-state index contributed by atoms with van der Waals surface area (Å²) in [5.41, 5.74) is -1.84. The average molecular weight is 435 g/mol. The first-order chi connectivity index (χ1) is 13.5. The summed E-state index contributed by atoms with van der Waals surface area (Å²) in [5.74, 6) is -1.80. The fourth-order valence-corrected chi connectivity index (χ4v) is 4.65. The lowest BCUT2D eigenvalue weighted by atomic mass is 10.2. The molecule has 29 heavy (non-hydrogen) atoms. The van der Waals surface area contributed by atoms with Crippen LogP contribution in [0.4, 0.5) is 35.1 Å². The molecule has 0 saturated heterocycles. The van der Waals surface area contributed by atoms with Crippen molar-refractivity contribution in [2.75, 3.05) is 0 Å². The van der Waals surface area contributed by atoms with E-state index in [1.165, 1.54) is 0 Å². The highest BCUT2D eigenvalue weighted by Gasteiger charge is 2.36. The Kier molecular flexibility index (Phi) is 5.62. The zero-order chi connectivity index (χ0) is 21.4. The highest BCUT2D eigenvalue weighted by molar-refractivity contribution is 7.97. The Labute approximate surface area is 163 Å². The van der Waals surface area contributed by atoms with Crippen LogP contribution in [0, 0.1) is 11.6 Å². The molecule has 0 heterocycles. The number of hydrogen-bond acceptors (Lipinski definition) is 0. The van der Waals surface area contributed by atoms with Crippen LogP contribution < -0.4 is 0 Å². The second-order valence-electron chi connectivity index (χ2n) is 5.93. The van der Waals surface area contributed by atoms with E-state index in [1.54, 1.807) is 0 Å². The van der Waals surface area contributed by atoms with Crippen molar-refractivity contribution in [1.82, 2.24) is 0 Å². The molecule has 9 heteroatoms. The highest BCUT2D eigenvalue weighted by Crippen LogP contribution is 2.37. The van der Waals surface area contributed by atoms with E-state index in [9.17, 15) is 35.1 Å². The van der Waals surface area contributed by atoms with Gasteiger partial charge in [-0.25, -0.2) is 8.78 Å². The molecule has 0 atom stereocenters. The number of halogens is 8. The van der Waals surface area contributed by atoms with Crippen LogP contribution in [0.15, 0.2) is 81.4 Å². The summed E-state index contributed by atoms with van der Waals surface area (Å²) in [6.45, 7) is 0. The molecule has 0 radical (unpaired) electrons. The summed E-state index contributed by atoms with van der Waals surface area (Å²) >= 11 is 0. The quantitative estimate of drug-likeness (QED) is 0.304. The number of alkyl halides is 6. The molecule has 0 amide bonds. The van der Waals surface area contributed by atoms with Gasteiger partial charge in [0.2, 0.25) is 4.90 Å². The van der Waals surface area contributed by atoms with Crippen molar-refractivity contribution in [3.05, 3.63) is 89.5 Å². The minimum Gasteiger partial charge on any atom is -0.207 e. The molecule has 0 nitrogen and oxygen atoms in total. The van der Waals surface area contributed by atoms with E-state index in [1.807, 2.05) is 0 Å². The van der Waals surface area contributed by atoms with Crippen LogP contribution in [-0.2, 0) is 23.2 Å². The molecule has 3 aromatic carbocycles. The first kappa shape index (κ1) is 21.2. The summed E-state index contributed by atoms with van der Waals surface area (Å²) in [7, 11) is -1.38. The molecule has 0 aliphatic heterocycles. The van der Waals surface area contributed by atoms with Crippen molar-refractivity contribution in [3.8, 4) is 0 Å². The first-order valence-corrected chi connectivity index (χ1v) is 9.23. The third-order valence-electron chi connectivity index (χ3n) is 3.95. The Bertz CT molecular complexity index is 931. The monoisotopic (exact) mass is 435 g/mol. The summed E-state index contributed by atoms with van der Waals surface area (Å²) < 4.78 is 105. The molecule has 0 aliphatic carbocycles. The van der Waals surface area contributed by atoms with Gasteiger partial charge in [-0.05, 0) is 54.6 Å². The van der Waals surface area contributed by atoms with Crippen LogP contribution in [0.25, 0.3) is 0 Å². The van der Waals surface area contributed by atoms with Crippen LogP contribution in [-0.4, -0.2) is 0 Å². The van der Waals surface area contributed by atoms with Gasteiger partial charge in [0, 0.05) is 12.1 Å². The first-order valence-electron chi connectivity index (χ1n) is 8.00. The third-order valence-corrected chi connectivity index (χ3v) is 6.21. The van der Waals surface area contributed by atoms with Gasteiger partial charge in [-0.1, -0.05) is 0 Å². The van der Waals surface area contributed by atoms with E-state index in [4.69, 9.17) is 0 Å². The smallest absolute Gasteiger partial charge is 0.207 e. The number of benzene rings is 3. The van der Waals surface area contributed by atoms with Crippen molar-refractivity contribution >= 4 is 10.9 Å². The van der Waals surface area contributed by atoms with Crippen LogP contribution in [0.2, 0.25) is 0 Å². The zero-order valence-corrected chi connectivity index (χ0v) is 15.1. The molecule has 0 aliphatic rings. The van der Waals surface area contributed by atoms with Crippen molar-refractivity contribution in [1.29, 1.82) is 0 Å². The van der Waals surface area contributed by atoms with Crippen molar-refractivity contribution in [2.45, 2.75) is 27.0 Å². The molecule has 152 valence electrons. The van der Waals surface area contributed by atoms with E-state index in [-0.39, 0.29) is 14.7 Å². The molecule has 0 spiro atoms. The largest absolute Gasteiger partial charge is 0.416 e. The molecule has 3 rings (SSSR count). The number of rotatable bonds is 3. The van der Waals surface area contributed by atoms with Gasteiger partial charge in [-0.2, -0.15) is 26.3 Å².